The standard InChI is InChI=1S/C16H20O5/c1-11(2)21-15(19)16(14(17)18)8-13(9-16)20-10-12-6-4-3-5-7-12/h3-7,11,13H,8-10H2,1-2H3,(H,17,18). The number of hydrogen-bond acceptors (Lipinski definition) is 4. The third-order valence-corrected chi connectivity index (χ3v) is 3.62. The van der Waals surface area contributed by atoms with Gasteiger partial charge in [0.2, 0.25) is 0 Å². The molecule has 1 fully saturated rings. The van der Waals surface area contributed by atoms with Crippen LogP contribution in [0.3, 0.4) is 0 Å². The molecule has 0 bridgehead atoms. The van der Waals surface area contributed by atoms with Crippen molar-refractivity contribution in [3.05, 3.63) is 35.9 Å². The number of benzene rings is 1. The van der Waals surface area contributed by atoms with Crippen LogP contribution in [0.15, 0.2) is 30.3 Å². The van der Waals surface area contributed by atoms with Gasteiger partial charge in [-0.05, 0) is 19.4 Å². The SMILES string of the molecule is CC(C)OC(=O)C1(C(=O)O)CC(OCc2ccccc2)C1. The molecular formula is C16H20O5. The van der Waals surface area contributed by atoms with Crippen molar-refractivity contribution in [2.75, 3.05) is 0 Å². The van der Waals surface area contributed by atoms with Gasteiger partial charge in [0, 0.05) is 12.8 Å². The van der Waals surface area contributed by atoms with Crippen molar-refractivity contribution in [3.8, 4) is 0 Å². The summed E-state index contributed by atoms with van der Waals surface area (Å²) in [5, 5.41) is 9.31. The number of carboxylic acids is 1. The van der Waals surface area contributed by atoms with E-state index in [1.54, 1.807) is 13.8 Å². The first-order valence-electron chi connectivity index (χ1n) is 7.04. The van der Waals surface area contributed by atoms with Crippen LogP contribution in [0.4, 0.5) is 0 Å². The van der Waals surface area contributed by atoms with Crippen molar-refractivity contribution in [2.45, 2.75) is 45.5 Å². The Morgan fingerprint density at radius 3 is 2.43 bits per heavy atom. The summed E-state index contributed by atoms with van der Waals surface area (Å²) >= 11 is 0. The maximum atomic E-state index is 12.0. The van der Waals surface area contributed by atoms with Crippen LogP contribution in [0.1, 0.15) is 32.3 Å². The van der Waals surface area contributed by atoms with Crippen molar-refractivity contribution in [1.29, 1.82) is 0 Å². The van der Waals surface area contributed by atoms with E-state index in [1.807, 2.05) is 30.3 Å². The predicted octanol–water partition coefficient (Wildman–Crippen LogP) is 2.39. The number of aliphatic carboxylic acids is 1. The van der Waals surface area contributed by atoms with Crippen LogP contribution in [0.25, 0.3) is 0 Å². The second-order valence-corrected chi connectivity index (χ2v) is 5.67. The Bertz CT molecular complexity index is 503. The molecular weight excluding hydrogens is 272 g/mol. The van der Waals surface area contributed by atoms with Gasteiger partial charge in [-0.15, -0.1) is 0 Å². The first-order chi connectivity index (χ1) is 9.94. The van der Waals surface area contributed by atoms with Crippen LogP contribution in [-0.2, 0) is 25.7 Å². The maximum absolute atomic E-state index is 12.0. The van der Waals surface area contributed by atoms with E-state index < -0.39 is 17.4 Å². The van der Waals surface area contributed by atoms with Crippen molar-refractivity contribution in [3.63, 3.8) is 0 Å². The Labute approximate surface area is 123 Å². The molecule has 1 aliphatic carbocycles. The number of ether oxygens (including phenoxy) is 2. The topological polar surface area (TPSA) is 72.8 Å². The zero-order valence-corrected chi connectivity index (χ0v) is 12.2. The lowest BCUT2D eigenvalue weighted by Gasteiger charge is -2.41. The summed E-state index contributed by atoms with van der Waals surface area (Å²) in [6.07, 6.45) is -0.208. The van der Waals surface area contributed by atoms with Crippen LogP contribution in [-0.4, -0.2) is 29.3 Å². The largest absolute Gasteiger partial charge is 0.480 e. The molecule has 0 unspecified atom stereocenters. The molecule has 0 aromatic heterocycles. The fourth-order valence-electron chi connectivity index (χ4n) is 2.38. The summed E-state index contributed by atoms with van der Waals surface area (Å²) in [5.41, 5.74) is -0.416. The second-order valence-electron chi connectivity index (χ2n) is 5.67. The van der Waals surface area contributed by atoms with Gasteiger partial charge < -0.3 is 14.6 Å². The lowest BCUT2D eigenvalue weighted by Crippen LogP contribution is -2.54. The molecule has 5 heteroatoms. The summed E-state index contributed by atoms with van der Waals surface area (Å²) in [6.45, 7) is 3.82. The molecule has 0 spiro atoms. The van der Waals surface area contributed by atoms with Crippen LogP contribution < -0.4 is 0 Å². The summed E-state index contributed by atoms with van der Waals surface area (Å²) in [4.78, 5) is 23.4. The van der Waals surface area contributed by atoms with E-state index in [-0.39, 0.29) is 25.0 Å². The van der Waals surface area contributed by atoms with Gasteiger partial charge in [-0.1, -0.05) is 30.3 Å². The quantitative estimate of drug-likeness (QED) is 0.644. The second kappa shape index (κ2) is 6.26. The minimum absolute atomic E-state index is 0.167. The van der Waals surface area contributed by atoms with Crippen LogP contribution in [0.5, 0.6) is 0 Å². The van der Waals surface area contributed by atoms with Gasteiger partial charge in [0.1, 0.15) is 0 Å². The van der Waals surface area contributed by atoms with Crippen LogP contribution in [0.2, 0.25) is 0 Å². The monoisotopic (exact) mass is 292 g/mol. The van der Waals surface area contributed by atoms with Crippen LogP contribution in [0, 0.1) is 5.41 Å². The van der Waals surface area contributed by atoms with Gasteiger partial charge in [0.15, 0.2) is 5.41 Å². The molecule has 5 nitrogen and oxygen atoms in total. The Kier molecular flexibility index (Phi) is 4.63. The summed E-state index contributed by atoms with van der Waals surface area (Å²) < 4.78 is 10.7. The van der Waals surface area contributed by atoms with E-state index in [0.717, 1.165) is 5.56 Å². The maximum Gasteiger partial charge on any atom is 0.323 e. The molecule has 114 valence electrons. The number of carbonyl (C=O) groups excluding carboxylic acids is 1. The molecule has 1 aromatic carbocycles. The van der Waals surface area contributed by atoms with E-state index in [0.29, 0.717) is 6.61 Å². The van der Waals surface area contributed by atoms with Gasteiger partial charge in [0.25, 0.3) is 0 Å². The number of hydrogen-bond donors (Lipinski definition) is 1. The lowest BCUT2D eigenvalue weighted by molar-refractivity contribution is -0.191. The van der Waals surface area contributed by atoms with E-state index in [2.05, 4.69) is 0 Å². The van der Waals surface area contributed by atoms with Gasteiger partial charge in [-0.25, -0.2) is 0 Å². The third kappa shape index (κ3) is 3.42. The zero-order valence-electron chi connectivity index (χ0n) is 12.2. The average molecular weight is 292 g/mol. The normalized spacial score (nSPS) is 24.4. The molecule has 0 atom stereocenters. The molecule has 0 amide bonds. The van der Waals surface area contributed by atoms with E-state index in [1.165, 1.54) is 0 Å². The number of carbonyl (C=O) groups is 2. The number of rotatable bonds is 6. The Hall–Kier alpha value is -1.88. The minimum atomic E-state index is -1.44. The molecule has 0 radical (unpaired) electrons. The molecule has 1 N–H and O–H groups in total. The Morgan fingerprint density at radius 2 is 1.90 bits per heavy atom. The van der Waals surface area contributed by atoms with Gasteiger partial charge in [-0.3, -0.25) is 9.59 Å². The smallest absolute Gasteiger partial charge is 0.323 e. The third-order valence-electron chi connectivity index (χ3n) is 3.62. The first-order valence-corrected chi connectivity index (χ1v) is 7.04. The fourth-order valence-corrected chi connectivity index (χ4v) is 2.38. The molecule has 2 rings (SSSR count). The number of esters is 1. The average Bonchev–Trinajstić information content (AvgIpc) is 2.37. The van der Waals surface area contributed by atoms with Crippen molar-refractivity contribution >= 4 is 11.9 Å². The van der Waals surface area contributed by atoms with Gasteiger partial charge >= 0.3 is 11.9 Å². The molecule has 1 saturated carbocycles. The first kappa shape index (κ1) is 15.5. The van der Waals surface area contributed by atoms with Crippen LogP contribution >= 0.6 is 0 Å². The molecule has 21 heavy (non-hydrogen) atoms. The van der Waals surface area contributed by atoms with Gasteiger partial charge in [0.05, 0.1) is 18.8 Å². The highest BCUT2D eigenvalue weighted by Gasteiger charge is 2.58. The predicted molar refractivity (Wildman–Crippen MR) is 75.5 cm³/mol. The Balaban J connectivity index is 1.89. The van der Waals surface area contributed by atoms with Crippen molar-refractivity contribution in [2.24, 2.45) is 5.41 Å². The highest BCUT2D eigenvalue weighted by molar-refractivity contribution is 6.00. The zero-order chi connectivity index (χ0) is 15.5. The van der Waals surface area contributed by atoms with E-state index >= 15 is 0 Å². The molecule has 0 aliphatic heterocycles. The minimum Gasteiger partial charge on any atom is -0.480 e. The van der Waals surface area contributed by atoms with Gasteiger partial charge in [-0.2, -0.15) is 0 Å². The highest BCUT2D eigenvalue weighted by atomic mass is 16.5. The van der Waals surface area contributed by atoms with Crippen molar-refractivity contribution < 1.29 is 24.2 Å². The van der Waals surface area contributed by atoms with E-state index in [4.69, 9.17) is 9.47 Å². The lowest BCUT2D eigenvalue weighted by atomic mass is 9.66. The summed E-state index contributed by atoms with van der Waals surface area (Å²) in [7, 11) is 0. The molecule has 1 aromatic rings. The van der Waals surface area contributed by atoms with E-state index in [9.17, 15) is 14.7 Å². The molecule has 0 saturated heterocycles. The highest BCUT2D eigenvalue weighted by Crippen LogP contribution is 2.44. The summed E-state index contributed by atoms with van der Waals surface area (Å²) in [5.74, 6) is -1.79. The molecule has 0 heterocycles. The van der Waals surface area contributed by atoms with Crippen molar-refractivity contribution in [1.82, 2.24) is 0 Å². The number of carboxylic acid groups (broad SMARTS) is 1. The Morgan fingerprint density at radius 1 is 1.29 bits per heavy atom. The molecule has 1 aliphatic rings. The fraction of sp³-hybridized carbons (Fsp3) is 0.500. The summed E-state index contributed by atoms with van der Waals surface area (Å²) in [6, 6.07) is 9.64.